The molecule has 0 heterocycles. The van der Waals surface area contributed by atoms with Gasteiger partial charge < -0.3 is 14.6 Å². The second-order valence-corrected chi connectivity index (χ2v) is 6.51. The molecule has 1 aromatic rings. The van der Waals surface area contributed by atoms with Crippen LogP contribution in [0.1, 0.15) is 70.3 Å². The summed E-state index contributed by atoms with van der Waals surface area (Å²) in [5.41, 5.74) is 0.824. The van der Waals surface area contributed by atoms with Crippen LogP contribution in [0.15, 0.2) is 30.3 Å². The van der Waals surface area contributed by atoms with Crippen LogP contribution >= 0.6 is 0 Å². The van der Waals surface area contributed by atoms with E-state index in [2.05, 4.69) is 6.92 Å². The average Bonchev–Trinajstić information content (AvgIpc) is 2.65. The maximum atomic E-state index is 11.7. The van der Waals surface area contributed by atoms with Gasteiger partial charge in [-0.2, -0.15) is 0 Å². The Hall–Kier alpha value is -1.88. The van der Waals surface area contributed by atoms with Crippen molar-refractivity contribution < 1.29 is 24.2 Å². The fourth-order valence-electron chi connectivity index (χ4n) is 2.55. The number of aliphatic hydroxyl groups is 1. The Morgan fingerprint density at radius 3 is 2.19 bits per heavy atom. The predicted molar refractivity (Wildman–Crippen MR) is 100 cm³/mol. The lowest BCUT2D eigenvalue weighted by Gasteiger charge is -2.11. The largest absolute Gasteiger partial charge is 0.466 e. The average molecular weight is 364 g/mol. The quantitative estimate of drug-likeness (QED) is 0.396. The first kappa shape index (κ1) is 22.2. The molecule has 0 bridgehead atoms. The molecule has 0 aromatic heterocycles. The number of esters is 2. The van der Waals surface area contributed by atoms with E-state index >= 15 is 0 Å². The smallest absolute Gasteiger partial charge is 0.335 e. The van der Waals surface area contributed by atoms with E-state index in [0.717, 1.165) is 24.8 Å². The summed E-state index contributed by atoms with van der Waals surface area (Å²) in [5, 5.41) is 9.73. The highest BCUT2D eigenvalue weighted by Gasteiger charge is 2.21. The van der Waals surface area contributed by atoms with E-state index in [1.165, 1.54) is 32.1 Å². The molecule has 146 valence electrons. The minimum atomic E-state index is -1.48. The Morgan fingerprint density at radius 2 is 1.54 bits per heavy atom. The Labute approximate surface area is 156 Å². The van der Waals surface area contributed by atoms with Gasteiger partial charge in [0, 0.05) is 0 Å². The van der Waals surface area contributed by atoms with Crippen LogP contribution in [0.25, 0.3) is 0 Å². The third-order valence-electron chi connectivity index (χ3n) is 4.12. The summed E-state index contributed by atoms with van der Waals surface area (Å²) in [4.78, 5) is 23.3. The molecule has 5 heteroatoms. The van der Waals surface area contributed by atoms with E-state index in [0.29, 0.717) is 6.61 Å². The van der Waals surface area contributed by atoms with Crippen molar-refractivity contribution in [1.29, 1.82) is 0 Å². The first-order valence-corrected chi connectivity index (χ1v) is 9.67. The number of hydrogen-bond acceptors (Lipinski definition) is 5. The standard InChI is InChI=1S/C21H32O5/c1-2-3-4-5-6-7-8-12-15-25-20(23)16-19(22)21(24)26-17-18-13-10-9-11-14-18/h9-11,13-14,19,22H,2-8,12,15-17H2,1H3. The van der Waals surface area contributed by atoms with Crippen LogP contribution in [-0.4, -0.2) is 29.8 Å². The van der Waals surface area contributed by atoms with Crippen LogP contribution in [0.5, 0.6) is 0 Å². The van der Waals surface area contributed by atoms with Gasteiger partial charge in [-0.1, -0.05) is 82.2 Å². The zero-order chi connectivity index (χ0) is 19.0. The molecule has 0 fully saturated rings. The molecular formula is C21H32O5. The molecule has 0 amide bonds. The SMILES string of the molecule is CCCCCCCCCCOC(=O)CC(O)C(=O)OCc1ccccc1. The van der Waals surface area contributed by atoms with Crippen LogP contribution in [0.3, 0.4) is 0 Å². The van der Waals surface area contributed by atoms with E-state index in [4.69, 9.17) is 9.47 Å². The van der Waals surface area contributed by atoms with Crippen molar-refractivity contribution in [3.63, 3.8) is 0 Å². The van der Waals surface area contributed by atoms with Gasteiger partial charge in [-0.05, 0) is 12.0 Å². The Morgan fingerprint density at radius 1 is 0.923 bits per heavy atom. The lowest BCUT2D eigenvalue weighted by molar-refractivity contribution is -0.161. The summed E-state index contributed by atoms with van der Waals surface area (Å²) in [6, 6.07) is 9.17. The first-order valence-electron chi connectivity index (χ1n) is 9.67. The number of hydrogen-bond donors (Lipinski definition) is 1. The lowest BCUT2D eigenvalue weighted by atomic mass is 10.1. The van der Waals surface area contributed by atoms with Crippen molar-refractivity contribution >= 4 is 11.9 Å². The molecule has 5 nitrogen and oxygen atoms in total. The molecule has 0 saturated heterocycles. The van der Waals surface area contributed by atoms with Crippen molar-refractivity contribution in [2.75, 3.05) is 6.61 Å². The Kier molecular flexibility index (Phi) is 12.2. The van der Waals surface area contributed by atoms with Gasteiger partial charge in [0.25, 0.3) is 0 Å². The number of carbonyl (C=O) groups is 2. The van der Waals surface area contributed by atoms with Gasteiger partial charge in [-0.25, -0.2) is 4.79 Å². The Bertz CT molecular complexity index is 500. The second-order valence-electron chi connectivity index (χ2n) is 6.51. The van der Waals surface area contributed by atoms with E-state index in [1.807, 2.05) is 30.3 Å². The van der Waals surface area contributed by atoms with Gasteiger partial charge in [-0.3, -0.25) is 4.79 Å². The van der Waals surface area contributed by atoms with Crippen LogP contribution in [0, 0.1) is 0 Å². The maximum Gasteiger partial charge on any atom is 0.335 e. The van der Waals surface area contributed by atoms with Gasteiger partial charge in [0.1, 0.15) is 6.61 Å². The van der Waals surface area contributed by atoms with Crippen molar-refractivity contribution in [2.45, 2.75) is 77.4 Å². The first-order chi connectivity index (χ1) is 12.6. The zero-order valence-corrected chi connectivity index (χ0v) is 15.8. The van der Waals surface area contributed by atoms with Crippen molar-refractivity contribution in [2.24, 2.45) is 0 Å². The summed E-state index contributed by atoms with van der Waals surface area (Å²) in [6.07, 6.45) is 7.48. The lowest BCUT2D eigenvalue weighted by Crippen LogP contribution is -2.27. The molecule has 1 aromatic carbocycles. The number of rotatable bonds is 14. The molecule has 0 saturated carbocycles. The monoisotopic (exact) mass is 364 g/mol. The molecule has 1 atom stereocenters. The highest BCUT2D eigenvalue weighted by atomic mass is 16.6. The molecule has 0 radical (unpaired) electrons. The van der Waals surface area contributed by atoms with Crippen molar-refractivity contribution in [3.05, 3.63) is 35.9 Å². The van der Waals surface area contributed by atoms with Crippen LogP contribution < -0.4 is 0 Å². The summed E-state index contributed by atoms with van der Waals surface area (Å²) < 4.78 is 10.1. The van der Waals surface area contributed by atoms with Crippen LogP contribution in [0.2, 0.25) is 0 Å². The second kappa shape index (κ2) is 14.3. The van der Waals surface area contributed by atoms with Crippen LogP contribution in [0.4, 0.5) is 0 Å². The number of benzene rings is 1. The molecule has 1 rings (SSSR count). The van der Waals surface area contributed by atoms with Gasteiger partial charge in [0.2, 0.25) is 0 Å². The molecule has 26 heavy (non-hydrogen) atoms. The summed E-state index contributed by atoms with van der Waals surface area (Å²) in [5.74, 6) is -1.38. The highest BCUT2D eigenvalue weighted by Crippen LogP contribution is 2.09. The molecule has 1 N–H and O–H groups in total. The van der Waals surface area contributed by atoms with E-state index in [9.17, 15) is 14.7 Å². The predicted octanol–water partition coefficient (Wildman–Crippen LogP) is 4.16. The van der Waals surface area contributed by atoms with E-state index < -0.39 is 18.0 Å². The van der Waals surface area contributed by atoms with E-state index in [-0.39, 0.29) is 13.0 Å². The molecule has 0 aliphatic heterocycles. The molecule has 0 aliphatic rings. The maximum absolute atomic E-state index is 11.7. The summed E-state index contributed by atoms with van der Waals surface area (Å²) in [7, 11) is 0. The third kappa shape index (κ3) is 10.9. The van der Waals surface area contributed by atoms with Crippen molar-refractivity contribution in [1.82, 2.24) is 0 Å². The summed E-state index contributed by atoms with van der Waals surface area (Å²) >= 11 is 0. The summed E-state index contributed by atoms with van der Waals surface area (Å²) in [6.45, 7) is 2.61. The number of ether oxygens (including phenoxy) is 2. The normalized spacial score (nSPS) is 11.8. The van der Waals surface area contributed by atoms with Gasteiger partial charge in [0.15, 0.2) is 6.10 Å². The minimum Gasteiger partial charge on any atom is -0.466 e. The van der Waals surface area contributed by atoms with Crippen molar-refractivity contribution in [3.8, 4) is 0 Å². The Balaban J connectivity index is 2.04. The van der Waals surface area contributed by atoms with Gasteiger partial charge in [-0.15, -0.1) is 0 Å². The fraction of sp³-hybridized carbons (Fsp3) is 0.619. The molecule has 0 aliphatic carbocycles. The third-order valence-corrected chi connectivity index (χ3v) is 4.12. The molecular weight excluding hydrogens is 332 g/mol. The zero-order valence-electron chi connectivity index (χ0n) is 15.8. The minimum absolute atomic E-state index is 0.0734. The molecule has 0 spiro atoms. The molecule has 1 unspecified atom stereocenters. The number of aliphatic hydroxyl groups excluding tert-OH is 1. The van der Waals surface area contributed by atoms with Gasteiger partial charge >= 0.3 is 11.9 Å². The highest BCUT2D eigenvalue weighted by molar-refractivity contribution is 5.81. The van der Waals surface area contributed by atoms with Gasteiger partial charge in [0.05, 0.1) is 13.0 Å². The topological polar surface area (TPSA) is 72.8 Å². The van der Waals surface area contributed by atoms with Crippen LogP contribution in [-0.2, 0) is 25.7 Å². The fourth-order valence-corrected chi connectivity index (χ4v) is 2.55. The number of unbranched alkanes of at least 4 members (excludes halogenated alkanes) is 7. The number of carbonyl (C=O) groups excluding carboxylic acids is 2. The van der Waals surface area contributed by atoms with E-state index in [1.54, 1.807) is 0 Å².